The molecule has 0 N–H and O–H groups in total. The van der Waals surface area contributed by atoms with Gasteiger partial charge in [0.2, 0.25) is 6.29 Å². The molecule has 132 valence electrons. The number of carbonyl (C=O) groups excluding carboxylic acids is 2. The summed E-state index contributed by atoms with van der Waals surface area (Å²) < 4.78 is 17.7. The summed E-state index contributed by atoms with van der Waals surface area (Å²) >= 11 is 0. The third kappa shape index (κ3) is 2.24. The van der Waals surface area contributed by atoms with E-state index in [1.54, 1.807) is 0 Å². The minimum atomic E-state index is -0.662. The van der Waals surface area contributed by atoms with Gasteiger partial charge >= 0.3 is 11.9 Å². The predicted molar refractivity (Wildman–Crippen MR) is 85.7 cm³/mol. The van der Waals surface area contributed by atoms with Crippen LogP contribution in [-0.4, -0.2) is 29.4 Å². The molecule has 4 aliphatic rings. The maximum absolute atomic E-state index is 11.9. The van der Waals surface area contributed by atoms with Crippen LogP contribution >= 0.6 is 0 Å². The second-order valence-corrected chi connectivity index (χ2v) is 8.13. The van der Waals surface area contributed by atoms with E-state index in [2.05, 4.69) is 6.58 Å². The first-order valence-corrected chi connectivity index (χ1v) is 9.04. The lowest BCUT2D eigenvalue weighted by Gasteiger charge is -2.44. The summed E-state index contributed by atoms with van der Waals surface area (Å²) in [5, 5.41) is 0. The van der Waals surface area contributed by atoms with Gasteiger partial charge in [-0.1, -0.05) is 6.08 Å². The fourth-order valence-corrected chi connectivity index (χ4v) is 5.94. The zero-order valence-corrected chi connectivity index (χ0v) is 14.5. The van der Waals surface area contributed by atoms with Crippen LogP contribution in [0.5, 0.6) is 0 Å². The van der Waals surface area contributed by atoms with Crippen LogP contribution in [-0.2, 0) is 23.8 Å². The lowest BCUT2D eigenvalue weighted by atomic mass is 9.70. The zero-order chi connectivity index (χ0) is 17.1. The van der Waals surface area contributed by atoms with Crippen molar-refractivity contribution in [2.45, 2.75) is 69.9 Å². The molecule has 5 heteroatoms. The summed E-state index contributed by atoms with van der Waals surface area (Å²) in [4.78, 5) is 23.3. The molecule has 0 bridgehead atoms. The van der Waals surface area contributed by atoms with Crippen molar-refractivity contribution < 1.29 is 23.8 Å². The molecule has 24 heavy (non-hydrogen) atoms. The number of carbonyl (C=O) groups is 2. The standard InChI is InChI=1S/C19H26O5/c1-4-5-13-8-18(23-12(3)21)10-17(22-11(2)20)24-19(18)9-15-6-14(15)7-16(13)19/h4,13-17H,1,5-10H2,2-3H3/t13-,14+,15-,16-,17-,18+,19-/m1/s1. The van der Waals surface area contributed by atoms with Crippen LogP contribution < -0.4 is 0 Å². The predicted octanol–water partition coefficient (Wildman–Crippen LogP) is 2.98. The zero-order valence-electron chi connectivity index (χ0n) is 14.5. The molecule has 0 aromatic carbocycles. The Morgan fingerprint density at radius 2 is 1.96 bits per heavy atom. The maximum Gasteiger partial charge on any atom is 0.304 e. The highest BCUT2D eigenvalue weighted by Gasteiger charge is 2.75. The topological polar surface area (TPSA) is 61.8 Å². The Hall–Kier alpha value is -1.36. The van der Waals surface area contributed by atoms with Crippen molar-refractivity contribution in [3.63, 3.8) is 0 Å². The van der Waals surface area contributed by atoms with E-state index in [-0.39, 0.29) is 11.9 Å². The summed E-state index contributed by atoms with van der Waals surface area (Å²) in [6.45, 7) is 6.75. The minimum Gasteiger partial charge on any atom is -0.456 e. The molecular weight excluding hydrogens is 308 g/mol. The number of rotatable bonds is 4. The van der Waals surface area contributed by atoms with Gasteiger partial charge in [0.25, 0.3) is 0 Å². The average Bonchev–Trinajstić information content (AvgIpc) is 3.09. The smallest absolute Gasteiger partial charge is 0.304 e. The van der Waals surface area contributed by atoms with Crippen molar-refractivity contribution in [1.29, 1.82) is 0 Å². The fourth-order valence-electron chi connectivity index (χ4n) is 5.94. The number of esters is 2. The molecular formula is C19H26O5. The summed E-state index contributed by atoms with van der Waals surface area (Å²) in [6, 6.07) is 0. The van der Waals surface area contributed by atoms with Crippen molar-refractivity contribution in [2.75, 3.05) is 0 Å². The van der Waals surface area contributed by atoms with Crippen molar-refractivity contribution in [3.05, 3.63) is 12.7 Å². The molecule has 3 aliphatic carbocycles. The van der Waals surface area contributed by atoms with E-state index in [1.165, 1.54) is 20.3 Å². The molecule has 0 radical (unpaired) electrons. The van der Waals surface area contributed by atoms with Gasteiger partial charge in [-0.25, -0.2) is 0 Å². The largest absolute Gasteiger partial charge is 0.456 e. The molecule has 4 fully saturated rings. The number of fused-ring (bicyclic) bond motifs is 1. The van der Waals surface area contributed by atoms with Crippen molar-refractivity contribution in [3.8, 4) is 0 Å². The third-order valence-electron chi connectivity index (χ3n) is 6.67. The molecule has 1 spiro atoms. The lowest BCUT2D eigenvalue weighted by Crippen LogP contribution is -2.54. The van der Waals surface area contributed by atoms with Gasteiger partial charge in [-0.15, -0.1) is 6.58 Å². The first-order valence-electron chi connectivity index (χ1n) is 9.04. The highest BCUT2D eigenvalue weighted by molar-refractivity contribution is 5.67. The Bertz CT molecular complexity index is 586. The van der Waals surface area contributed by atoms with E-state index >= 15 is 0 Å². The van der Waals surface area contributed by atoms with Gasteiger partial charge in [-0.2, -0.15) is 0 Å². The van der Waals surface area contributed by atoms with Gasteiger partial charge in [-0.3, -0.25) is 9.59 Å². The molecule has 1 saturated heterocycles. The van der Waals surface area contributed by atoms with Crippen LogP contribution in [0.2, 0.25) is 0 Å². The van der Waals surface area contributed by atoms with E-state index in [0.717, 1.165) is 31.6 Å². The van der Waals surface area contributed by atoms with Crippen LogP contribution in [0.4, 0.5) is 0 Å². The summed E-state index contributed by atoms with van der Waals surface area (Å²) in [5.41, 5.74) is -1.16. The summed E-state index contributed by atoms with van der Waals surface area (Å²) in [6.07, 6.45) is 6.78. The van der Waals surface area contributed by atoms with E-state index < -0.39 is 17.5 Å². The van der Waals surface area contributed by atoms with E-state index in [0.29, 0.717) is 24.2 Å². The Labute approximate surface area is 142 Å². The second-order valence-electron chi connectivity index (χ2n) is 8.13. The van der Waals surface area contributed by atoms with Crippen LogP contribution in [0.3, 0.4) is 0 Å². The van der Waals surface area contributed by atoms with Crippen molar-refractivity contribution >= 4 is 11.9 Å². The van der Waals surface area contributed by atoms with E-state index in [1.807, 2.05) is 6.08 Å². The van der Waals surface area contributed by atoms with Gasteiger partial charge in [0, 0.05) is 13.8 Å². The monoisotopic (exact) mass is 334 g/mol. The van der Waals surface area contributed by atoms with Gasteiger partial charge in [-0.05, 0) is 55.8 Å². The van der Waals surface area contributed by atoms with Crippen LogP contribution in [0.15, 0.2) is 12.7 Å². The molecule has 0 unspecified atom stereocenters. The molecule has 7 atom stereocenters. The number of ether oxygens (including phenoxy) is 3. The molecule has 4 rings (SSSR count). The Morgan fingerprint density at radius 1 is 1.17 bits per heavy atom. The molecule has 0 amide bonds. The Balaban J connectivity index is 1.71. The van der Waals surface area contributed by atoms with Crippen molar-refractivity contribution in [1.82, 2.24) is 0 Å². The highest BCUT2D eigenvalue weighted by atomic mass is 16.7. The Kier molecular flexibility index (Phi) is 3.57. The Morgan fingerprint density at radius 3 is 2.62 bits per heavy atom. The first-order chi connectivity index (χ1) is 11.4. The molecule has 1 aliphatic heterocycles. The molecule has 5 nitrogen and oxygen atoms in total. The van der Waals surface area contributed by atoms with Crippen molar-refractivity contribution in [2.24, 2.45) is 23.7 Å². The van der Waals surface area contributed by atoms with Crippen LogP contribution in [0.25, 0.3) is 0 Å². The number of hydrogen-bond acceptors (Lipinski definition) is 5. The lowest BCUT2D eigenvalue weighted by molar-refractivity contribution is -0.217. The maximum atomic E-state index is 11.9. The number of allylic oxidation sites excluding steroid dienone is 1. The third-order valence-corrected chi connectivity index (χ3v) is 6.67. The normalized spacial score (nSPS) is 48.0. The molecule has 3 saturated carbocycles. The number of hydrogen-bond donors (Lipinski definition) is 0. The van der Waals surface area contributed by atoms with Gasteiger partial charge in [0.05, 0.1) is 6.42 Å². The average molecular weight is 334 g/mol. The van der Waals surface area contributed by atoms with E-state index in [9.17, 15) is 9.59 Å². The van der Waals surface area contributed by atoms with Gasteiger partial charge in [0.15, 0.2) is 0 Å². The highest BCUT2D eigenvalue weighted by Crippen LogP contribution is 2.69. The fraction of sp³-hybridized carbons (Fsp3) is 0.789. The summed E-state index contributed by atoms with van der Waals surface area (Å²) in [7, 11) is 0. The quantitative estimate of drug-likeness (QED) is 0.584. The van der Waals surface area contributed by atoms with Gasteiger partial charge in [0.1, 0.15) is 11.2 Å². The minimum absolute atomic E-state index is 0.280. The first kappa shape index (κ1) is 16.1. The summed E-state index contributed by atoms with van der Waals surface area (Å²) in [5.74, 6) is 1.58. The molecule has 0 aromatic heterocycles. The molecule has 0 aromatic rings. The van der Waals surface area contributed by atoms with Crippen LogP contribution in [0.1, 0.15) is 52.4 Å². The van der Waals surface area contributed by atoms with Crippen LogP contribution in [0, 0.1) is 23.7 Å². The van der Waals surface area contributed by atoms with Gasteiger partial charge < -0.3 is 14.2 Å². The van der Waals surface area contributed by atoms with E-state index in [4.69, 9.17) is 14.2 Å². The SMILES string of the molecule is C=CC[C@@H]1C[C@]2(OC(C)=O)C[C@H](OC(C)=O)O[C@@]23C[C@H]2C[C@H]2C[C@H]13. The molecule has 1 heterocycles. The second kappa shape index (κ2) is 5.32.